The molecule has 0 amide bonds. The van der Waals surface area contributed by atoms with Crippen molar-refractivity contribution in [2.24, 2.45) is 46.3 Å². The number of unbranched alkanes of at least 4 members (excludes halogenated alkanes) is 29. The van der Waals surface area contributed by atoms with Gasteiger partial charge >= 0.3 is 17.2 Å². The van der Waals surface area contributed by atoms with Crippen molar-refractivity contribution in [1.82, 2.24) is 0 Å². The second-order valence-corrected chi connectivity index (χ2v) is 28.2. The summed E-state index contributed by atoms with van der Waals surface area (Å²) in [5.74, 6) is 3.77. The summed E-state index contributed by atoms with van der Waals surface area (Å²) in [6, 6.07) is 0. The first-order valence-electron chi connectivity index (χ1n) is 33.1. The predicted octanol–water partition coefficient (Wildman–Crippen LogP) is 23.8. The van der Waals surface area contributed by atoms with Gasteiger partial charge < -0.3 is 27.9 Å². The van der Waals surface area contributed by atoms with Crippen LogP contribution < -0.4 is 0 Å². The van der Waals surface area contributed by atoms with Crippen LogP contribution in [0.3, 0.4) is 0 Å². The van der Waals surface area contributed by atoms with Crippen LogP contribution in [0.15, 0.2) is 0 Å². The summed E-state index contributed by atoms with van der Waals surface area (Å²) in [4.78, 5) is 21.4. The summed E-state index contributed by atoms with van der Waals surface area (Å²) < 4.78 is 23.6. The Kier molecular flexibility index (Phi) is 52.2. The molecular formula is C66H136O6P2. The lowest BCUT2D eigenvalue weighted by Gasteiger charge is -2.37. The zero-order chi connectivity index (χ0) is 55.0. The van der Waals surface area contributed by atoms with Crippen LogP contribution in [0.25, 0.3) is 0 Å². The molecular weight excluding hydrogens is 951 g/mol. The minimum absolute atomic E-state index is 0.286. The summed E-state index contributed by atoms with van der Waals surface area (Å²) >= 11 is 0. The molecule has 0 aromatic heterocycles. The van der Waals surface area contributed by atoms with Gasteiger partial charge in [-0.15, -0.1) is 0 Å². The molecule has 0 aromatic rings. The molecule has 0 fully saturated rings. The van der Waals surface area contributed by atoms with Crippen molar-refractivity contribution in [3.8, 4) is 0 Å². The van der Waals surface area contributed by atoms with E-state index in [9.17, 15) is 9.79 Å². The van der Waals surface area contributed by atoms with Gasteiger partial charge in [-0.2, -0.15) is 0 Å². The highest BCUT2D eigenvalue weighted by atomic mass is 31.2. The van der Waals surface area contributed by atoms with E-state index in [4.69, 9.17) is 18.1 Å². The third-order valence-electron chi connectivity index (χ3n) is 17.4. The molecule has 0 saturated heterocycles. The molecule has 0 bridgehead atoms. The second kappa shape index (κ2) is 51.7. The van der Waals surface area contributed by atoms with Crippen LogP contribution in [0, 0.1) is 46.3 Å². The minimum Gasteiger partial charge on any atom is -0.328 e. The van der Waals surface area contributed by atoms with Crippen LogP contribution in [-0.4, -0.2) is 36.2 Å². The standard InChI is InChI=1S/C66H136O6P2/c1-13-17-21-25-27-29-31-33-35-39-45-53-69-73(67)71-55-51-59(5)61(57-63(65(7,8)9)49-41-37-23-19-15-3)47-43-44-48-62(58-64(66(10,11)12)50-42-38-24-20-16-4)60(6)52-56-72-74(68)70-54-46-40-36-34-32-30-28-26-22-18-14-2/h59-64,67-68H,13-58H2,1-12H3. The third kappa shape index (κ3) is 46.4. The Bertz CT molecular complexity index is 1040. The molecule has 0 heterocycles. The molecule has 8 heteroatoms. The monoisotopic (exact) mass is 1090 g/mol. The van der Waals surface area contributed by atoms with Crippen LogP contribution in [0.4, 0.5) is 0 Å². The van der Waals surface area contributed by atoms with Gasteiger partial charge in [0.15, 0.2) is 0 Å². The van der Waals surface area contributed by atoms with Crippen molar-refractivity contribution in [3.63, 3.8) is 0 Å². The van der Waals surface area contributed by atoms with Crippen LogP contribution in [0.5, 0.6) is 0 Å². The smallest absolute Gasteiger partial charge is 0.328 e. The molecule has 0 aliphatic carbocycles. The Labute approximate surface area is 468 Å². The van der Waals surface area contributed by atoms with E-state index in [1.807, 2.05) is 0 Å². The molecule has 0 saturated carbocycles. The van der Waals surface area contributed by atoms with E-state index in [0.717, 1.165) is 25.7 Å². The average Bonchev–Trinajstić information content (AvgIpc) is 3.35. The normalized spacial score (nSPS) is 15.8. The lowest BCUT2D eigenvalue weighted by Crippen LogP contribution is -2.27. The molecule has 0 aromatic carbocycles. The summed E-state index contributed by atoms with van der Waals surface area (Å²) in [6.45, 7) is 31.4. The summed E-state index contributed by atoms with van der Waals surface area (Å²) in [6.07, 6.45) is 54.5. The first-order chi connectivity index (χ1) is 35.6. The lowest BCUT2D eigenvalue weighted by atomic mass is 9.69. The summed E-state index contributed by atoms with van der Waals surface area (Å²) in [5.41, 5.74) is 0.572. The fraction of sp³-hybridized carbons (Fsp3) is 1.00. The minimum atomic E-state index is -1.81. The maximum absolute atomic E-state index is 10.7. The van der Waals surface area contributed by atoms with Crippen molar-refractivity contribution >= 4 is 17.2 Å². The van der Waals surface area contributed by atoms with Gasteiger partial charge in [0.1, 0.15) is 0 Å². The van der Waals surface area contributed by atoms with Gasteiger partial charge in [0, 0.05) is 0 Å². The lowest BCUT2D eigenvalue weighted by molar-refractivity contribution is 0.126. The highest BCUT2D eigenvalue weighted by Gasteiger charge is 2.32. The van der Waals surface area contributed by atoms with Gasteiger partial charge in [-0.3, -0.25) is 0 Å². The van der Waals surface area contributed by atoms with Crippen molar-refractivity contribution < 1.29 is 27.9 Å². The van der Waals surface area contributed by atoms with Gasteiger partial charge in [-0.1, -0.05) is 301 Å². The van der Waals surface area contributed by atoms with Gasteiger partial charge in [0.2, 0.25) is 0 Å². The molecule has 0 spiro atoms. The molecule has 0 rings (SSSR count). The van der Waals surface area contributed by atoms with Crippen molar-refractivity contribution in [3.05, 3.63) is 0 Å². The van der Waals surface area contributed by atoms with E-state index in [1.54, 1.807) is 0 Å². The highest BCUT2D eigenvalue weighted by Crippen LogP contribution is 2.43. The Morgan fingerprint density at radius 3 is 0.797 bits per heavy atom. The molecule has 0 radical (unpaired) electrons. The zero-order valence-electron chi connectivity index (χ0n) is 52.4. The van der Waals surface area contributed by atoms with E-state index in [2.05, 4.69) is 83.1 Å². The number of rotatable bonds is 57. The molecule has 8 atom stereocenters. The van der Waals surface area contributed by atoms with Crippen molar-refractivity contribution in [2.45, 2.75) is 353 Å². The Hall–Kier alpha value is 0.620. The Balaban J connectivity index is 5.54. The average molecular weight is 1090 g/mol. The van der Waals surface area contributed by atoms with Crippen molar-refractivity contribution in [1.29, 1.82) is 0 Å². The molecule has 0 aliphatic heterocycles. The predicted molar refractivity (Wildman–Crippen MR) is 330 cm³/mol. The van der Waals surface area contributed by atoms with Crippen LogP contribution in [0.2, 0.25) is 0 Å². The van der Waals surface area contributed by atoms with E-state index >= 15 is 0 Å². The summed E-state index contributed by atoms with van der Waals surface area (Å²) in [5, 5.41) is 0. The fourth-order valence-corrected chi connectivity index (χ4v) is 12.9. The number of hydrogen-bond acceptors (Lipinski definition) is 6. The largest absolute Gasteiger partial charge is 0.329 e. The number of hydrogen-bond donors (Lipinski definition) is 2. The maximum Gasteiger partial charge on any atom is 0.329 e. The highest BCUT2D eigenvalue weighted by molar-refractivity contribution is 7.40. The first-order valence-corrected chi connectivity index (χ1v) is 35.4. The van der Waals surface area contributed by atoms with E-state index in [0.29, 0.717) is 61.9 Å². The van der Waals surface area contributed by atoms with Gasteiger partial charge in [0.25, 0.3) is 0 Å². The topological polar surface area (TPSA) is 77.4 Å². The Morgan fingerprint density at radius 2 is 0.527 bits per heavy atom. The van der Waals surface area contributed by atoms with E-state index in [-0.39, 0.29) is 10.8 Å². The van der Waals surface area contributed by atoms with E-state index < -0.39 is 17.2 Å². The quantitative estimate of drug-likeness (QED) is 0.0467. The van der Waals surface area contributed by atoms with Crippen LogP contribution in [0.1, 0.15) is 353 Å². The maximum atomic E-state index is 10.7. The molecule has 0 aliphatic rings. The summed E-state index contributed by atoms with van der Waals surface area (Å²) in [7, 11) is -3.63. The third-order valence-corrected chi connectivity index (χ3v) is 19.0. The van der Waals surface area contributed by atoms with Crippen LogP contribution >= 0.6 is 17.2 Å². The van der Waals surface area contributed by atoms with Gasteiger partial charge in [-0.25, -0.2) is 0 Å². The first kappa shape index (κ1) is 74.6. The van der Waals surface area contributed by atoms with Crippen molar-refractivity contribution in [2.75, 3.05) is 26.4 Å². The van der Waals surface area contributed by atoms with Gasteiger partial charge in [0.05, 0.1) is 26.4 Å². The molecule has 446 valence electrons. The Morgan fingerprint density at radius 1 is 0.297 bits per heavy atom. The van der Waals surface area contributed by atoms with Crippen LogP contribution in [-0.2, 0) is 18.1 Å². The zero-order valence-corrected chi connectivity index (χ0v) is 54.2. The van der Waals surface area contributed by atoms with Gasteiger partial charge in [-0.05, 0) is 97.7 Å². The molecule has 74 heavy (non-hydrogen) atoms. The second-order valence-electron chi connectivity index (χ2n) is 26.2. The molecule has 2 N–H and O–H groups in total. The molecule has 8 unspecified atom stereocenters. The van der Waals surface area contributed by atoms with E-state index in [1.165, 1.54) is 244 Å². The SMILES string of the molecule is CCCCCCCCCCCCCOP(O)OCCC(C)C(CCCCC(CC(CCCCCCC)C(C)(C)C)C(C)CCOP(O)OCCCCCCCCCCCCC)CC(CCCCCCC)C(C)(C)C. The molecule has 6 nitrogen and oxygen atoms in total. The fourth-order valence-electron chi connectivity index (χ4n) is 11.6.